The zero-order valence-electron chi connectivity index (χ0n) is 61.3. The van der Waals surface area contributed by atoms with Gasteiger partial charge in [0.25, 0.3) is 0 Å². The Bertz CT molecular complexity index is 3080. The standard InChI is InChI=1S/C72H112ClF3N12O12/c1-14-47(6)62-69(99)82(9)43-60(91)80(7)44-61(92)84(11)56(40-48-24-17-15-18-25-48)66(96)81(8)42-58(89)77-52(31-29-49-28-30-50(51(73)39-49)72(74,75)76)65(95)88-37-23-26-53(88)64(94)79-71(33-19-20-34-71)70(100)86(13)54(32-27-45(2)3)67(97)85(12)57(68(98)87-35-21-16-22-36-87)41-59(90)83(10)55(38-46(4)5)63(93)78-62/h28,30,39,45-48,52-57,62H,14-27,29,31-38,40-44H2,1-13H3,(H,77,89)(H,78,93)(H,79,94)/t47-,52-,53?,54-,55-,56-,57-,62-/m0/s1. The van der Waals surface area contributed by atoms with Gasteiger partial charge in [0.1, 0.15) is 47.8 Å². The van der Waals surface area contributed by atoms with Crippen molar-refractivity contribution in [1.29, 1.82) is 0 Å². The van der Waals surface area contributed by atoms with E-state index in [0.717, 1.165) is 65.4 Å². The Labute approximate surface area is 594 Å². The molecule has 1 spiro atoms. The average Bonchev–Trinajstić information content (AvgIpc) is 1.48. The molecule has 0 bridgehead atoms. The summed E-state index contributed by atoms with van der Waals surface area (Å²) >= 11 is 6.15. The van der Waals surface area contributed by atoms with Crippen LogP contribution in [0.4, 0.5) is 13.2 Å². The number of nitrogens with zero attached hydrogens (tertiary/aromatic N) is 9. The summed E-state index contributed by atoms with van der Waals surface area (Å²) in [4.78, 5) is 190. The minimum Gasteiger partial charge on any atom is -0.343 e. The van der Waals surface area contributed by atoms with Gasteiger partial charge in [0.15, 0.2) is 0 Å². The summed E-state index contributed by atoms with van der Waals surface area (Å²) in [5.74, 6) is -8.42. The van der Waals surface area contributed by atoms with Crippen molar-refractivity contribution >= 4 is 82.5 Å². The summed E-state index contributed by atoms with van der Waals surface area (Å²) in [6, 6.07) is -5.61. The first-order chi connectivity index (χ1) is 47.0. The zero-order valence-corrected chi connectivity index (χ0v) is 62.1. The van der Waals surface area contributed by atoms with E-state index in [1.807, 2.05) is 34.6 Å². The van der Waals surface area contributed by atoms with Crippen LogP contribution in [0.1, 0.15) is 188 Å². The highest BCUT2D eigenvalue weighted by molar-refractivity contribution is 6.31. The number of benzene rings is 1. The molecule has 5 fully saturated rings. The van der Waals surface area contributed by atoms with Gasteiger partial charge in [0.05, 0.1) is 36.6 Å². The maximum Gasteiger partial charge on any atom is 0.417 e. The Kier molecular flexibility index (Phi) is 30.1. The number of fused-ring (bicyclic) bond motifs is 1. The van der Waals surface area contributed by atoms with Crippen LogP contribution < -0.4 is 16.0 Å². The second-order valence-electron chi connectivity index (χ2n) is 29.8. The molecule has 3 aliphatic heterocycles. The Hall–Kier alpha value is -7.06. The fourth-order valence-corrected chi connectivity index (χ4v) is 15.0. The first kappa shape index (κ1) is 81.9. The van der Waals surface area contributed by atoms with Crippen LogP contribution in [0.5, 0.6) is 0 Å². The topological polar surface area (TPSA) is 270 Å². The highest BCUT2D eigenvalue weighted by Gasteiger charge is 2.50. The van der Waals surface area contributed by atoms with Gasteiger partial charge in [-0.25, -0.2) is 0 Å². The molecule has 1 aromatic rings. The van der Waals surface area contributed by atoms with Crippen LogP contribution in [0.25, 0.3) is 0 Å². The van der Waals surface area contributed by atoms with E-state index in [0.29, 0.717) is 63.6 Å². The van der Waals surface area contributed by atoms with Gasteiger partial charge < -0.3 is 60.0 Å². The normalized spacial score (nSPS) is 25.9. The van der Waals surface area contributed by atoms with Crippen molar-refractivity contribution in [2.75, 3.05) is 88.6 Å². The van der Waals surface area contributed by atoms with Gasteiger partial charge in [-0.2, -0.15) is 13.2 Å². The van der Waals surface area contributed by atoms with E-state index >= 15 is 28.8 Å². The minimum absolute atomic E-state index is 0.0182. The average molecular weight is 1430 g/mol. The molecule has 0 aromatic heterocycles. The predicted molar refractivity (Wildman–Crippen MR) is 371 cm³/mol. The number of hydrogen-bond donors (Lipinski definition) is 3. The molecule has 3 saturated heterocycles. The molecular weight excluding hydrogens is 1320 g/mol. The van der Waals surface area contributed by atoms with Crippen LogP contribution in [-0.2, 0) is 70.1 Å². The van der Waals surface area contributed by atoms with Crippen LogP contribution in [-0.4, -0.2) is 251 Å². The third kappa shape index (κ3) is 21.3. The molecule has 8 atom stereocenters. The number of rotatable bonds is 13. The van der Waals surface area contributed by atoms with E-state index in [1.54, 1.807) is 11.8 Å². The Balaban J connectivity index is 1.43. The van der Waals surface area contributed by atoms with E-state index < -0.39 is 167 Å². The second kappa shape index (κ2) is 36.7. The van der Waals surface area contributed by atoms with Crippen LogP contribution in [0, 0.1) is 23.7 Å². The molecule has 1 unspecified atom stereocenters. The molecule has 3 N–H and O–H groups in total. The molecule has 12 amide bonds. The van der Waals surface area contributed by atoms with Gasteiger partial charge in [-0.1, -0.05) is 111 Å². The number of halogens is 4. The molecule has 6 rings (SSSR count). The Morgan fingerprint density at radius 3 is 1.82 bits per heavy atom. The van der Waals surface area contributed by atoms with E-state index in [4.69, 9.17) is 11.6 Å². The van der Waals surface area contributed by atoms with Gasteiger partial charge in [-0.3, -0.25) is 57.5 Å². The molecular formula is C72H112ClF3N12O12. The SMILES string of the molecule is CC[C@H](C)[C@@H]1NC(=O)[C@H](CC(C)C)N(C)C(=O)C[C@@H](C(=O)N2CCCCC2)N(C)C(=O)[C@H](CCC(C)C)N(C)C(=O)C2(CCCC2)NC(=O)C2CCCN2C(=O)[C@H](CCc2ccc(C(F)(F)F)c(Cl)c2)NC(=O)CN(C)C(=O)[C@H](CC2CCCCC2)N(C)C(=O)CN(C)C(=O)CN(C)C1=O. The monoisotopic (exact) mass is 1430 g/mol. The lowest BCUT2D eigenvalue weighted by molar-refractivity contribution is -0.155. The van der Waals surface area contributed by atoms with E-state index in [1.165, 1.54) is 79.9 Å². The molecule has 28 heteroatoms. The molecule has 560 valence electrons. The van der Waals surface area contributed by atoms with Crippen LogP contribution in [0.15, 0.2) is 18.2 Å². The first-order valence-corrected chi connectivity index (χ1v) is 36.6. The van der Waals surface area contributed by atoms with Crippen LogP contribution in [0.2, 0.25) is 5.02 Å². The maximum atomic E-state index is 15.5. The van der Waals surface area contributed by atoms with Crippen molar-refractivity contribution in [1.82, 2.24) is 60.0 Å². The summed E-state index contributed by atoms with van der Waals surface area (Å²) in [5.41, 5.74) is -2.35. The number of carbonyl (C=O) groups excluding carboxylic acids is 12. The Morgan fingerprint density at radius 2 is 1.22 bits per heavy atom. The number of hydrogen-bond acceptors (Lipinski definition) is 12. The first-order valence-electron chi connectivity index (χ1n) is 36.2. The number of alkyl halides is 3. The molecule has 5 aliphatic rings. The summed E-state index contributed by atoms with van der Waals surface area (Å²) in [6.07, 6.45) is 4.07. The molecule has 24 nitrogen and oxygen atoms in total. The number of aryl methyl sites for hydroxylation is 1. The molecule has 2 aliphatic carbocycles. The lowest BCUT2D eigenvalue weighted by Gasteiger charge is -2.41. The van der Waals surface area contributed by atoms with Gasteiger partial charge >= 0.3 is 6.18 Å². The van der Waals surface area contributed by atoms with Crippen molar-refractivity contribution in [3.63, 3.8) is 0 Å². The number of nitrogens with one attached hydrogen (secondary N) is 3. The van der Waals surface area contributed by atoms with Crippen LogP contribution >= 0.6 is 11.6 Å². The number of amides is 12. The second-order valence-corrected chi connectivity index (χ2v) is 30.2. The van der Waals surface area contributed by atoms with E-state index in [-0.39, 0.29) is 75.7 Å². The van der Waals surface area contributed by atoms with Crippen molar-refractivity contribution < 1.29 is 70.7 Å². The third-order valence-electron chi connectivity index (χ3n) is 21.4. The molecule has 3 heterocycles. The highest BCUT2D eigenvalue weighted by atomic mass is 35.5. The maximum absolute atomic E-state index is 15.5. The van der Waals surface area contributed by atoms with Crippen molar-refractivity contribution in [2.24, 2.45) is 23.7 Å². The van der Waals surface area contributed by atoms with Crippen molar-refractivity contribution in [3.8, 4) is 0 Å². The molecule has 0 radical (unpaired) electrons. The Morgan fingerprint density at radius 1 is 0.610 bits per heavy atom. The summed E-state index contributed by atoms with van der Waals surface area (Å²) in [5, 5.41) is 8.13. The zero-order chi connectivity index (χ0) is 74.2. The number of likely N-dealkylation sites (N-methyl/N-ethyl adjacent to an activating group) is 7. The summed E-state index contributed by atoms with van der Waals surface area (Å²) in [6.45, 7) is 10.3. The van der Waals surface area contributed by atoms with E-state index in [9.17, 15) is 41.9 Å². The van der Waals surface area contributed by atoms with Gasteiger partial charge in [0, 0.05) is 69.0 Å². The number of piperidine rings is 1. The molecule has 2 saturated carbocycles. The van der Waals surface area contributed by atoms with Crippen LogP contribution in [0.3, 0.4) is 0 Å². The lowest BCUT2D eigenvalue weighted by atomic mass is 9.84. The van der Waals surface area contributed by atoms with Crippen molar-refractivity contribution in [2.45, 2.75) is 237 Å². The minimum atomic E-state index is -4.76. The molecule has 1 aromatic carbocycles. The predicted octanol–water partition coefficient (Wildman–Crippen LogP) is 6.28. The number of carbonyl (C=O) groups is 12. The third-order valence-corrected chi connectivity index (χ3v) is 21.7. The van der Waals surface area contributed by atoms with E-state index in [2.05, 4.69) is 16.0 Å². The summed E-state index contributed by atoms with van der Waals surface area (Å²) in [7, 11) is 9.92. The van der Waals surface area contributed by atoms with Gasteiger partial charge in [-0.15, -0.1) is 0 Å². The van der Waals surface area contributed by atoms with Gasteiger partial charge in [0.2, 0.25) is 70.9 Å². The summed E-state index contributed by atoms with van der Waals surface area (Å²) < 4.78 is 41.6. The molecule has 100 heavy (non-hydrogen) atoms. The van der Waals surface area contributed by atoms with Crippen molar-refractivity contribution in [3.05, 3.63) is 34.3 Å². The fraction of sp³-hybridized carbons (Fsp3) is 0.750. The van der Waals surface area contributed by atoms with Gasteiger partial charge in [-0.05, 0) is 125 Å². The smallest absolute Gasteiger partial charge is 0.343 e. The highest BCUT2D eigenvalue weighted by Crippen LogP contribution is 2.37. The lowest BCUT2D eigenvalue weighted by Crippen LogP contribution is -2.64. The quantitative estimate of drug-likeness (QED) is 0.197. The fourth-order valence-electron chi connectivity index (χ4n) is 14.7. The number of likely N-dealkylation sites (tertiary alicyclic amines) is 1. The largest absolute Gasteiger partial charge is 0.417 e.